The van der Waals surface area contributed by atoms with Crippen LogP contribution in [0.25, 0.3) is 0 Å². The Morgan fingerprint density at radius 1 is 1.48 bits per heavy atom. The van der Waals surface area contributed by atoms with Crippen LogP contribution in [0.1, 0.15) is 20.3 Å². The van der Waals surface area contributed by atoms with Gasteiger partial charge in [-0.2, -0.15) is 0 Å². The van der Waals surface area contributed by atoms with Crippen LogP contribution in [0.15, 0.2) is 11.6 Å². The Bertz CT molecular complexity index is 423. The van der Waals surface area contributed by atoms with E-state index in [0.29, 0.717) is 25.7 Å². The van der Waals surface area contributed by atoms with Gasteiger partial charge in [0.1, 0.15) is 12.7 Å². The van der Waals surface area contributed by atoms with Crippen molar-refractivity contribution in [2.24, 2.45) is 0 Å². The van der Waals surface area contributed by atoms with Crippen LogP contribution in [-0.4, -0.2) is 46.7 Å². The maximum Gasteiger partial charge on any atom is 0.512 e. The first kappa shape index (κ1) is 19.0. The normalized spacial score (nSPS) is 16.8. The molecule has 1 aliphatic heterocycles. The summed E-state index contributed by atoms with van der Waals surface area (Å²) >= 11 is 16.5. The van der Waals surface area contributed by atoms with Crippen molar-refractivity contribution in [2.75, 3.05) is 25.9 Å². The van der Waals surface area contributed by atoms with Crippen molar-refractivity contribution in [1.29, 1.82) is 0 Å². The van der Waals surface area contributed by atoms with E-state index in [1.165, 1.54) is 4.90 Å². The lowest BCUT2D eigenvalue weighted by Gasteiger charge is -2.25. The van der Waals surface area contributed by atoms with E-state index < -0.39 is 17.9 Å². The number of carbonyl (C=O) groups excluding carboxylic acids is 1. The largest absolute Gasteiger partial charge is 0.512 e. The number of hydrogen-bond donors (Lipinski definition) is 0. The van der Waals surface area contributed by atoms with Crippen molar-refractivity contribution in [1.82, 2.24) is 4.90 Å². The summed E-state index contributed by atoms with van der Waals surface area (Å²) < 4.78 is 20.2. The molecule has 1 heterocycles. The molecule has 5 nitrogen and oxygen atoms in total. The predicted octanol–water partition coefficient (Wildman–Crippen LogP) is 4.29. The smallest absolute Gasteiger partial charge is 0.445 e. The molecule has 0 aromatic carbocycles. The number of carbonyl (C=O) groups is 1. The predicted molar refractivity (Wildman–Crippen MR) is 84.6 cm³/mol. The molecule has 1 amide bonds. The fourth-order valence-electron chi connectivity index (χ4n) is 1.69. The maximum absolute atomic E-state index is 11.7. The molecule has 120 valence electrons. The fourth-order valence-corrected chi connectivity index (χ4v) is 3.02. The van der Waals surface area contributed by atoms with Gasteiger partial charge in [-0.3, -0.25) is 0 Å². The van der Waals surface area contributed by atoms with Gasteiger partial charge in [0.2, 0.25) is 3.79 Å². The third-order valence-electron chi connectivity index (χ3n) is 2.58. The van der Waals surface area contributed by atoms with Crippen LogP contribution in [0, 0.1) is 0 Å². The molecule has 1 atom stereocenters. The van der Waals surface area contributed by atoms with Crippen LogP contribution in [0.5, 0.6) is 0 Å². The number of nitrogens with zero attached hydrogens (tertiary/aromatic N) is 1. The van der Waals surface area contributed by atoms with Crippen molar-refractivity contribution in [3.05, 3.63) is 11.6 Å². The highest BCUT2D eigenvalue weighted by molar-refractivity contribution is 7.39. The van der Waals surface area contributed by atoms with Crippen molar-refractivity contribution >= 4 is 48.9 Å². The molecular weight excluding hydrogens is 359 g/mol. The summed E-state index contributed by atoms with van der Waals surface area (Å²) in [7, 11) is -1.70. The van der Waals surface area contributed by atoms with Crippen LogP contribution >= 0.6 is 42.8 Å². The van der Waals surface area contributed by atoms with Gasteiger partial charge in [-0.15, -0.1) is 4.52 Å². The van der Waals surface area contributed by atoms with Gasteiger partial charge in [0, 0.05) is 13.1 Å². The third-order valence-corrected chi connectivity index (χ3v) is 4.23. The molecule has 1 rings (SSSR count). The third kappa shape index (κ3) is 8.22. The van der Waals surface area contributed by atoms with Crippen molar-refractivity contribution in [3.63, 3.8) is 0 Å². The lowest BCUT2D eigenvalue weighted by molar-refractivity contribution is 0.107. The molecule has 9 heteroatoms. The van der Waals surface area contributed by atoms with E-state index in [-0.39, 0.29) is 12.7 Å². The van der Waals surface area contributed by atoms with Gasteiger partial charge >= 0.3 is 14.1 Å². The molecule has 0 aliphatic carbocycles. The topological polar surface area (TPSA) is 55.8 Å². The minimum absolute atomic E-state index is 0.0637. The highest BCUT2D eigenvalue weighted by Gasteiger charge is 2.28. The standard InChI is InChI=1S/C12H18Cl3NO4P/c1-9(2)20-21(18)7-10-3-5-16(6-4-10)11(17)19-8-12(13,14)15/h3,9H,4-8H2,1-2H3/q+1. The van der Waals surface area contributed by atoms with E-state index in [9.17, 15) is 9.36 Å². The quantitative estimate of drug-likeness (QED) is 0.407. The van der Waals surface area contributed by atoms with Crippen molar-refractivity contribution in [2.45, 2.75) is 30.2 Å². The van der Waals surface area contributed by atoms with E-state index in [2.05, 4.69) is 0 Å². The summed E-state index contributed by atoms with van der Waals surface area (Å²) in [5, 5.41) is 0. The Balaban J connectivity index is 2.39. The number of hydrogen-bond acceptors (Lipinski definition) is 4. The van der Waals surface area contributed by atoms with Gasteiger partial charge in [0.05, 0.1) is 0 Å². The number of halogens is 3. The molecular formula is C12H18Cl3NO4P+. The van der Waals surface area contributed by atoms with E-state index in [4.69, 9.17) is 44.1 Å². The van der Waals surface area contributed by atoms with Gasteiger partial charge in [-0.05, 0) is 30.4 Å². The molecule has 1 unspecified atom stereocenters. The van der Waals surface area contributed by atoms with Crippen LogP contribution < -0.4 is 0 Å². The average molecular weight is 378 g/mol. The highest BCUT2D eigenvalue weighted by atomic mass is 35.6. The van der Waals surface area contributed by atoms with Crippen LogP contribution in [0.3, 0.4) is 0 Å². The summed E-state index contributed by atoms with van der Waals surface area (Å²) in [5.41, 5.74) is 1.02. The molecule has 0 aromatic heterocycles. The van der Waals surface area contributed by atoms with Gasteiger partial charge < -0.3 is 9.64 Å². The molecule has 1 aliphatic rings. The molecule has 21 heavy (non-hydrogen) atoms. The second kappa shape index (κ2) is 8.54. The van der Waals surface area contributed by atoms with E-state index in [1.807, 2.05) is 19.9 Å². The van der Waals surface area contributed by atoms with E-state index in [1.54, 1.807) is 0 Å². The van der Waals surface area contributed by atoms with Gasteiger partial charge in [0.15, 0.2) is 6.16 Å². The zero-order valence-corrected chi connectivity index (χ0v) is 15.0. The lowest BCUT2D eigenvalue weighted by atomic mass is 10.1. The molecule has 0 fully saturated rings. The molecule has 0 aromatic rings. The molecule has 0 bridgehead atoms. The zero-order chi connectivity index (χ0) is 16.0. The Kier molecular flexibility index (Phi) is 7.72. The number of ether oxygens (including phenoxy) is 1. The zero-order valence-electron chi connectivity index (χ0n) is 11.9. The minimum atomic E-state index is -1.70. The first-order valence-electron chi connectivity index (χ1n) is 6.45. The molecule has 0 saturated heterocycles. The highest BCUT2D eigenvalue weighted by Crippen LogP contribution is 2.30. The first-order valence-corrected chi connectivity index (χ1v) is 8.95. The van der Waals surface area contributed by atoms with Crippen LogP contribution in [0.2, 0.25) is 0 Å². The lowest BCUT2D eigenvalue weighted by Crippen LogP contribution is -2.36. The summed E-state index contributed by atoms with van der Waals surface area (Å²) in [6.45, 7) is 4.25. The second-order valence-electron chi connectivity index (χ2n) is 4.87. The maximum atomic E-state index is 11.7. The Hall–Kier alpha value is -0.0600. The van der Waals surface area contributed by atoms with Gasteiger partial charge in [-0.1, -0.05) is 40.9 Å². The summed E-state index contributed by atoms with van der Waals surface area (Å²) in [6.07, 6.45) is 2.29. The molecule has 0 N–H and O–H groups in total. The van der Waals surface area contributed by atoms with Crippen LogP contribution in [0.4, 0.5) is 4.79 Å². The summed E-state index contributed by atoms with van der Waals surface area (Å²) in [4.78, 5) is 13.2. The Morgan fingerprint density at radius 2 is 2.14 bits per heavy atom. The van der Waals surface area contributed by atoms with Gasteiger partial charge in [-0.25, -0.2) is 4.79 Å². The van der Waals surface area contributed by atoms with Gasteiger partial charge in [0.25, 0.3) is 0 Å². The first-order chi connectivity index (χ1) is 9.67. The number of alkyl halides is 3. The summed E-state index contributed by atoms with van der Waals surface area (Å²) in [5.74, 6) is 0. The fraction of sp³-hybridized carbons (Fsp3) is 0.750. The Labute approximate surface area is 140 Å². The number of rotatable bonds is 5. The second-order valence-corrected chi connectivity index (χ2v) is 8.58. The van der Waals surface area contributed by atoms with Crippen molar-refractivity contribution in [3.8, 4) is 0 Å². The number of amides is 1. The summed E-state index contributed by atoms with van der Waals surface area (Å²) in [6, 6.07) is 0. The van der Waals surface area contributed by atoms with E-state index in [0.717, 1.165) is 5.57 Å². The van der Waals surface area contributed by atoms with Crippen LogP contribution in [-0.2, 0) is 13.8 Å². The minimum Gasteiger partial charge on any atom is -0.445 e. The van der Waals surface area contributed by atoms with E-state index >= 15 is 0 Å². The van der Waals surface area contributed by atoms with Crippen molar-refractivity contribution < 1.29 is 18.6 Å². The molecule has 0 radical (unpaired) electrons. The SMILES string of the molecule is CC(C)O[P+](=O)CC1=CCN(C(=O)OCC(Cl)(Cl)Cl)CC1. The monoisotopic (exact) mass is 376 g/mol. The average Bonchev–Trinajstić information content (AvgIpc) is 2.35. The molecule has 0 spiro atoms. The Morgan fingerprint density at radius 3 is 2.62 bits per heavy atom. The molecule has 0 saturated carbocycles.